The first-order chi connectivity index (χ1) is 6.54. The minimum atomic E-state index is 0. The third kappa shape index (κ3) is 190. The molecular weight excluding hydrogens is 1000 g/mol. The Kier molecular flexibility index (Phi) is 531. The summed E-state index contributed by atoms with van der Waals surface area (Å²) < 4.78 is 0. The van der Waals surface area contributed by atoms with Gasteiger partial charge in [-0.15, -0.1) is 0 Å². The molecule has 0 spiro atoms. The predicted octanol–water partition coefficient (Wildman–Crippen LogP) is 7.67. The van der Waals surface area contributed by atoms with Crippen LogP contribution in [0.2, 0.25) is 0 Å². The zero-order chi connectivity index (χ0) is 12.6. The van der Waals surface area contributed by atoms with E-state index in [1.54, 1.807) is 0 Å². The van der Waals surface area contributed by atoms with E-state index in [9.17, 15) is 0 Å². The van der Waals surface area contributed by atoms with Gasteiger partial charge in [0.25, 0.3) is 0 Å². The molecule has 0 saturated heterocycles. The van der Waals surface area contributed by atoms with E-state index in [2.05, 4.69) is 41.5 Å². The van der Waals surface area contributed by atoms with Crippen molar-refractivity contribution in [3.05, 3.63) is 14.9 Å². The molecule has 0 aromatic heterocycles. The molecule has 0 aliphatic heterocycles. The van der Waals surface area contributed by atoms with Crippen LogP contribution in [0.25, 0.3) is 0 Å². The molecule has 0 rings (SSSR count). The van der Waals surface area contributed by atoms with Gasteiger partial charge in [0.15, 0.2) is 0 Å². The molecule has 0 saturated carbocycles. The van der Waals surface area contributed by atoms with Crippen molar-refractivity contribution >= 4 is 0 Å². The summed E-state index contributed by atoms with van der Waals surface area (Å²) in [7, 11) is 0. The van der Waals surface area contributed by atoms with Crippen molar-refractivity contribution in [3.8, 4) is 0 Å². The third-order valence-electron chi connectivity index (χ3n) is 0.943. The average molecular weight is 1050 g/mol. The van der Waals surface area contributed by atoms with Crippen LogP contribution in [0.3, 0.4) is 0 Å². The van der Waals surface area contributed by atoms with E-state index >= 15 is 0 Å². The largest absolute Gasteiger partial charge is 0.358 e. The maximum atomic E-state index is 2.26. The van der Waals surface area contributed by atoms with Crippen molar-refractivity contribution in [3.63, 3.8) is 0 Å². The summed E-state index contributed by atoms with van der Waals surface area (Å²) in [5.74, 6) is 1.75. The number of hydrogen-bond acceptors (Lipinski definition) is 0. The zero-order valence-electron chi connectivity index (χ0n) is 19.8. The van der Waals surface area contributed by atoms with Crippen LogP contribution in [0.15, 0.2) is 0 Å². The van der Waals surface area contributed by atoms with E-state index in [0.29, 0.717) is 0 Å². The van der Waals surface area contributed by atoms with Gasteiger partial charge in [-0.2, -0.15) is 0 Å². The fraction of sp³-hybridized carbons (Fsp3) is 0.882. The first-order valence-electron chi connectivity index (χ1n) is 6.54. The maximum Gasteiger partial charge on any atom is 0 e. The Balaban J connectivity index is -0.00000000347. The van der Waals surface area contributed by atoms with Crippen LogP contribution in [-0.2, 0) is 294 Å². The molecule has 9 radical (unpaired) electrons. The van der Waals surface area contributed by atoms with E-state index in [1.165, 1.54) is 12.8 Å². The van der Waals surface area contributed by atoms with Crippen molar-refractivity contribution in [1.29, 1.82) is 0 Å². The maximum absolute atomic E-state index is 2.26. The molecule has 0 heterocycles. The van der Waals surface area contributed by atoms with E-state index < -0.39 is 0 Å². The molecule has 0 aliphatic rings. The van der Waals surface area contributed by atoms with Crippen LogP contribution >= 0.6 is 0 Å². The second-order valence-corrected chi connectivity index (χ2v) is 3.73. The van der Waals surface area contributed by atoms with Crippen LogP contribution < -0.4 is 0 Å². The average Bonchev–Trinajstić information content (AvgIpc) is 2.10. The van der Waals surface area contributed by atoms with Crippen molar-refractivity contribution < 1.29 is 294 Å². The molecule has 0 unspecified atom stereocenters. The Morgan fingerprint density at radius 2 is 0.538 bits per heavy atom. The summed E-state index contributed by atoms with van der Waals surface area (Å²) in [6.45, 7) is 21.3. The smallest absolute Gasteiger partial charge is 0 e. The van der Waals surface area contributed by atoms with Crippen molar-refractivity contribution in [2.24, 2.45) is 11.8 Å². The molecule has 0 bridgehead atoms. The molecule has 0 aromatic rings. The van der Waals surface area contributed by atoms with Crippen LogP contribution in [0.5, 0.6) is 0 Å². The summed E-state index contributed by atoms with van der Waals surface area (Å²) >= 11 is 0. The monoisotopic (exact) mass is 1050 g/mol. The summed E-state index contributed by atoms with van der Waals surface area (Å²) in [4.78, 5) is 0. The zero-order valence-corrected chi connectivity index (χ0v) is 45.3. The summed E-state index contributed by atoms with van der Waals surface area (Å²) in [6, 6.07) is 0. The molecule has 0 nitrogen and oxygen atoms in total. The van der Waals surface area contributed by atoms with Gasteiger partial charge in [-0.05, 0) is 18.3 Å². The Labute approximate surface area is 399 Å². The molecule has 0 aliphatic carbocycles. The second kappa shape index (κ2) is 125. The van der Waals surface area contributed by atoms with E-state index in [0.717, 1.165) is 11.8 Å². The fourth-order valence-corrected chi connectivity index (χ4v) is 0.943. The van der Waals surface area contributed by atoms with Gasteiger partial charge in [0.2, 0.25) is 0 Å². The molecule has 0 aromatic carbocycles. The fourth-order valence-electron chi connectivity index (χ4n) is 0.943. The molecular formula is C17H46Y9-2. The van der Waals surface area contributed by atoms with Gasteiger partial charge in [0.05, 0.1) is 0 Å². The summed E-state index contributed by atoms with van der Waals surface area (Å²) in [5.41, 5.74) is 0. The first kappa shape index (κ1) is 110. The summed E-state index contributed by atoms with van der Waals surface area (Å²) in [5, 5.41) is 0. The van der Waals surface area contributed by atoms with E-state index in [-0.39, 0.29) is 317 Å². The van der Waals surface area contributed by atoms with Gasteiger partial charge in [0, 0.05) is 294 Å². The topological polar surface area (TPSA) is 0 Å². The van der Waals surface area contributed by atoms with E-state index in [1.807, 2.05) is 27.7 Å². The standard InChI is InChI=1S/C7H16.C3H8.2C2H6.CH4.2CH3.9Y/c1-6(2)5-7(3)4;1-3-2;2*1-2;;;;;;;;;;;;/h6-7H,5H2,1-4H3;3H2,1-2H3;2*1-2H3;1H4;2*1H3;;;;;;;;;/q;;;;;2*-1;;;;;;;;;. The number of rotatable bonds is 2. The Morgan fingerprint density at radius 3 is 0.538 bits per heavy atom. The Morgan fingerprint density at radius 1 is 0.462 bits per heavy atom. The van der Waals surface area contributed by atoms with E-state index in [4.69, 9.17) is 0 Å². The number of hydrogen-bond donors (Lipinski definition) is 0. The molecule has 9 heteroatoms. The van der Waals surface area contributed by atoms with Crippen LogP contribution in [-0.4, -0.2) is 0 Å². The first-order valence-corrected chi connectivity index (χ1v) is 6.54. The molecule has 0 amide bonds. The second-order valence-electron chi connectivity index (χ2n) is 3.73. The predicted molar refractivity (Wildman–Crippen MR) is 92.5 cm³/mol. The quantitative estimate of drug-likeness (QED) is 0.250. The Bertz CT molecular complexity index is 62.2. The molecule has 143 valence electrons. The SMILES string of the molecule is C.CC.CC.CC(C)CC(C)C.CCC.[CH3-].[CH3-].[Y].[Y].[Y].[Y].[Y].[Y].[Y].[Y].[Y]. The van der Waals surface area contributed by atoms with Gasteiger partial charge in [-0.1, -0.05) is 83.1 Å². The molecule has 26 heavy (non-hydrogen) atoms. The van der Waals surface area contributed by atoms with Gasteiger partial charge >= 0.3 is 0 Å². The third-order valence-corrected chi connectivity index (χ3v) is 0.943. The van der Waals surface area contributed by atoms with Crippen LogP contribution in [0.4, 0.5) is 0 Å². The Hall–Kier alpha value is 9.94. The van der Waals surface area contributed by atoms with Crippen molar-refractivity contribution in [1.82, 2.24) is 0 Å². The van der Waals surface area contributed by atoms with Crippen molar-refractivity contribution in [2.45, 2.75) is 89.5 Å². The van der Waals surface area contributed by atoms with Crippen LogP contribution in [0, 0.1) is 26.7 Å². The summed E-state index contributed by atoms with van der Waals surface area (Å²) in [6.07, 6.45) is 2.61. The molecule has 0 atom stereocenters. The normalized spacial score (nSPS) is 4.15. The molecule has 0 fully saturated rings. The minimum absolute atomic E-state index is 0. The van der Waals surface area contributed by atoms with Crippen molar-refractivity contribution in [2.75, 3.05) is 0 Å². The van der Waals surface area contributed by atoms with Gasteiger partial charge in [-0.25, -0.2) is 0 Å². The molecule has 0 N–H and O–H groups in total. The van der Waals surface area contributed by atoms with Gasteiger partial charge in [-0.3, -0.25) is 0 Å². The van der Waals surface area contributed by atoms with Gasteiger partial charge in [0.1, 0.15) is 0 Å². The van der Waals surface area contributed by atoms with Crippen LogP contribution in [0.1, 0.15) is 89.5 Å². The van der Waals surface area contributed by atoms with Gasteiger partial charge < -0.3 is 14.9 Å². The minimum Gasteiger partial charge on any atom is -0.358 e.